The third-order valence-corrected chi connectivity index (χ3v) is 3.09. The van der Waals surface area contributed by atoms with E-state index in [1.807, 2.05) is 17.0 Å². The van der Waals surface area contributed by atoms with Crippen LogP contribution in [0.3, 0.4) is 0 Å². The minimum absolute atomic E-state index is 0.162. The summed E-state index contributed by atoms with van der Waals surface area (Å²) in [4.78, 5) is 13.1. The van der Waals surface area contributed by atoms with Crippen molar-refractivity contribution in [2.24, 2.45) is 0 Å². The van der Waals surface area contributed by atoms with Crippen molar-refractivity contribution in [3.8, 4) is 0 Å². The number of nitrogens with one attached hydrogen (secondary N) is 1. The predicted molar refractivity (Wildman–Crippen MR) is 60.9 cm³/mol. The summed E-state index contributed by atoms with van der Waals surface area (Å²) in [6.45, 7) is 5.37. The number of furan rings is 1. The average Bonchev–Trinajstić information content (AvgIpc) is 2.87. The third-order valence-electron chi connectivity index (χ3n) is 3.09. The fraction of sp³-hybridized carbons (Fsp3) is 0.583. The fourth-order valence-corrected chi connectivity index (χ4v) is 2.16. The summed E-state index contributed by atoms with van der Waals surface area (Å²) >= 11 is 0. The van der Waals surface area contributed by atoms with Gasteiger partial charge >= 0.3 is 0 Å². The van der Waals surface area contributed by atoms with E-state index in [1.54, 1.807) is 13.2 Å². The van der Waals surface area contributed by atoms with E-state index in [4.69, 9.17) is 4.42 Å². The van der Waals surface area contributed by atoms with E-state index in [1.165, 1.54) is 0 Å². The van der Waals surface area contributed by atoms with Crippen molar-refractivity contribution in [3.05, 3.63) is 24.2 Å². The quantitative estimate of drug-likeness (QED) is 0.844. The largest absolute Gasteiger partial charge is 0.468 e. The van der Waals surface area contributed by atoms with Crippen LogP contribution in [0.2, 0.25) is 0 Å². The molecule has 0 spiro atoms. The lowest BCUT2D eigenvalue weighted by Gasteiger charge is -2.18. The highest BCUT2D eigenvalue weighted by Crippen LogP contribution is 2.17. The van der Waals surface area contributed by atoms with Crippen molar-refractivity contribution in [1.29, 1.82) is 0 Å². The minimum atomic E-state index is 0.162. The van der Waals surface area contributed by atoms with E-state index in [2.05, 4.69) is 12.2 Å². The summed E-state index contributed by atoms with van der Waals surface area (Å²) in [5.41, 5.74) is 0. The van der Waals surface area contributed by atoms with E-state index in [0.29, 0.717) is 6.04 Å². The van der Waals surface area contributed by atoms with Crippen LogP contribution in [-0.4, -0.2) is 29.9 Å². The third kappa shape index (κ3) is 2.44. The van der Waals surface area contributed by atoms with E-state index >= 15 is 0 Å². The first-order valence-corrected chi connectivity index (χ1v) is 5.72. The molecule has 4 nitrogen and oxygen atoms in total. The van der Waals surface area contributed by atoms with Gasteiger partial charge in [0.15, 0.2) is 0 Å². The molecule has 2 rings (SSSR count). The van der Waals surface area contributed by atoms with Crippen LogP contribution in [0.4, 0.5) is 0 Å². The molecule has 2 unspecified atom stereocenters. The molecule has 1 aromatic heterocycles. The zero-order chi connectivity index (χ0) is 11.5. The molecule has 1 aliphatic rings. The Morgan fingerprint density at radius 2 is 2.50 bits per heavy atom. The molecule has 1 aliphatic heterocycles. The summed E-state index contributed by atoms with van der Waals surface area (Å²) in [6.07, 6.45) is 2.70. The van der Waals surface area contributed by atoms with Crippen LogP contribution in [0.5, 0.6) is 0 Å². The zero-order valence-electron chi connectivity index (χ0n) is 9.77. The molecule has 0 saturated carbocycles. The van der Waals surface area contributed by atoms with Crippen LogP contribution in [0.15, 0.2) is 22.8 Å². The molecule has 1 fully saturated rings. The molecule has 16 heavy (non-hydrogen) atoms. The Morgan fingerprint density at radius 3 is 3.06 bits per heavy atom. The van der Waals surface area contributed by atoms with E-state index in [-0.39, 0.29) is 11.9 Å². The fourth-order valence-electron chi connectivity index (χ4n) is 2.16. The SMILES string of the molecule is CC(=O)N1CCC(NC(C)c2ccco2)C1. The van der Waals surface area contributed by atoms with Gasteiger partial charge in [0.05, 0.1) is 12.3 Å². The highest BCUT2D eigenvalue weighted by atomic mass is 16.3. The molecule has 0 aliphatic carbocycles. The van der Waals surface area contributed by atoms with Gasteiger partial charge in [-0.25, -0.2) is 0 Å². The molecule has 2 heterocycles. The van der Waals surface area contributed by atoms with Crippen molar-refractivity contribution in [3.63, 3.8) is 0 Å². The van der Waals surface area contributed by atoms with Gasteiger partial charge in [0, 0.05) is 26.1 Å². The maximum atomic E-state index is 11.2. The standard InChI is InChI=1S/C12H18N2O2/c1-9(12-4-3-7-16-12)13-11-5-6-14(8-11)10(2)15/h3-4,7,9,11,13H,5-6,8H2,1-2H3. The van der Waals surface area contributed by atoms with Crippen LogP contribution >= 0.6 is 0 Å². The number of carbonyl (C=O) groups excluding carboxylic acids is 1. The van der Waals surface area contributed by atoms with Gasteiger partial charge in [-0.1, -0.05) is 0 Å². The summed E-state index contributed by atoms with van der Waals surface area (Å²) in [5, 5.41) is 3.48. The molecule has 2 atom stereocenters. The molecule has 1 amide bonds. The van der Waals surface area contributed by atoms with Crippen LogP contribution in [0.1, 0.15) is 32.1 Å². The number of likely N-dealkylation sites (tertiary alicyclic amines) is 1. The van der Waals surface area contributed by atoms with Gasteiger partial charge < -0.3 is 14.6 Å². The molecule has 1 N–H and O–H groups in total. The van der Waals surface area contributed by atoms with Gasteiger partial charge in [0.25, 0.3) is 0 Å². The first kappa shape index (κ1) is 11.2. The molecule has 4 heteroatoms. The smallest absolute Gasteiger partial charge is 0.219 e. The lowest BCUT2D eigenvalue weighted by molar-refractivity contribution is -0.127. The van der Waals surface area contributed by atoms with E-state index in [0.717, 1.165) is 25.3 Å². The lowest BCUT2D eigenvalue weighted by atomic mass is 10.2. The second-order valence-electron chi connectivity index (χ2n) is 4.35. The Balaban J connectivity index is 1.85. The van der Waals surface area contributed by atoms with Crippen molar-refractivity contribution < 1.29 is 9.21 Å². The molecule has 1 saturated heterocycles. The number of rotatable bonds is 3. The maximum Gasteiger partial charge on any atom is 0.219 e. The van der Waals surface area contributed by atoms with Crippen LogP contribution < -0.4 is 5.32 Å². The molecule has 0 radical (unpaired) electrons. The molecular weight excluding hydrogens is 204 g/mol. The Hall–Kier alpha value is -1.29. The van der Waals surface area contributed by atoms with Crippen molar-refractivity contribution in [2.45, 2.75) is 32.4 Å². The highest BCUT2D eigenvalue weighted by Gasteiger charge is 2.25. The Bertz CT molecular complexity index is 348. The normalized spacial score (nSPS) is 22.4. The Labute approximate surface area is 95.6 Å². The first-order valence-electron chi connectivity index (χ1n) is 5.72. The number of amides is 1. The lowest BCUT2D eigenvalue weighted by Crippen LogP contribution is -2.35. The van der Waals surface area contributed by atoms with Crippen LogP contribution in [0, 0.1) is 0 Å². The molecule has 88 valence electrons. The second kappa shape index (κ2) is 4.70. The van der Waals surface area contributed by atoms with Gasteiger partial charge in [0.2, 0.25) is 5.91 Å². The number of hydrogen-bond donors (Lipinski definition) is 1. The number of hydrogen-bond acceptors (Lipinski definition) is 3. The van der Waals surface area contributed by atoms with Gasteiger partial charge in [-0.15, -0.1) is 0 Å². The van der Waals surface area contributed by atoms with Crippen LogP contribution in [-0.2, 0) is 4.79 Å². The summed E-state index contributed by atoms with van der Waals surface area (Å²) in [7, 11) is 0. The maximum absolute atomic E-state index is 11.2. The number of carbonyl (C=O) groups is 1. The number of nitrogens with zero attached hydrogens (tertiary/aromatic N) is 1. The first-order chi connectivity index (χ1) is 7.66. The van der Waals surface area contributed by atoms with Crippen molar-refractivity contribution >= 4 is 5.91 Å². The molecule has 1 aromatic rings. The predicted octanol–water partition coefficient (Wildman–Crippen LogP) is 1.55. The van der Waals surface area contributed by atoms with Crippen LogP contribution in [0.25, 0.3) is 0 Å². The monoisotopic (exact) mass is 222 g/mol. The zero-order valence-corrected chi connectivity index (χ0v) is 9.77. The molecular formula is C12H18N2O2. The Morgan fingerprint density at radius 1 is 1.69 bits per heavy atom. The van der Waals surface area contributed by atoms with Gasteiger partial charge in [-0.3, -0.25) is 4.79 Å². The van der Waals surface area contributed by atoms with Crippen molar-refractivity contribution in [1.82, 2.24) is 10.2 Å². The summed E-state index contributed by atoms with van der Waals surface area (Å²) < 4.78 is 5.34. The summed E-state index contributed by atoms with van der Waals surface area (Å²) in [5.74, 6) is 1.11. The topological polar surface area (TPSA) is 45.5 Å². The van der Waals surface area contributed by atoms with Gasteiger partial charge in [-0.05, 0) is 25.5 Å². The van der Waals surface area contributed by atoms with E-state index < -0.39 is 0 Å². The Kier molecular flexibility index (Phi) is 3.29. The average molecular weight is 222 g/mol. The second-order valence-corrected chi connectivity index (χ2v) is 4.35. The van der Waals surface area contributed by atoms with Gasteiger partial charge in [0.1, 0.15) is 5.76 Å². The van der Waals surface area contributed by atoms with Crippen molar-refractivity contribution in [2.75, 3.05) is 13.1 Å². The molecule has 0 bridgehead atoms. The van der Waals surface area contributed by atoms with Gasteiger partial charge in [-0.2, -0.15) is 0 Å². The molecule has 0 aromatic carbocycles. The summed E-state index contributed by atoms with van der Waals surface area (Å²) in [6, 6.07) is 4.44. The highest BCUT2D eigenvalue weighted by molar-refractivity contribution is 5.73. The van der Waals surface area contributed by atoms with E-state index in [9.17, 15) is 4.79 Å². The minimum Gasteiger partial charge on any atom is -0.468 e.